The Balaban J connectivity index is 1.29. The number of amides is 1. The van der Waals surface area contributed by atoms with Gasteiger partial charge in [-0.3, -0.25) is 0 Å². The second-order valence-electron chi connectivity index (χ2n) is 8.64. The fourth-order valence-electron chi connectivity index (χ4n) is 4.65. The standard InChI is InChI=1S/C23H21BrClFN4O4S/c1-34-23(31)30-10-15-14(16(15)11-30)8-28-35(32,33)21-7-13(3-5-18(21)25)22-27-9-20(29-22)12-2-4-17(24)19(26)6-12/h2-7,9,14-16,28H,8,10-11H2,1H3,(H,27,29)/t14?,15-,16+. The van der Waals surface area contributed by atoms with Crippen molar-refractivity contribution in [3.05, 3.63) is 57.9 Å². The van der Waals surface area contributed by atoms with Crippen molar-refractivity contribution >= 4 is 43.6 Å². The number of sulfonamides is 1. The molecule has 1 saturated carbocycles. The number of hydrogen-bond donors (Lipinski definition) is 2. The minimum Gasteiger partial charge on any atom is -0.453 e. The maximum Gasteiger partial charge on any atom is 0.409 e. The number of piperidine rings is 1. The Morgan fingerprint density at radius 2 is 1.97 bits per heavy atom. The number of aromatic nitrogens is 2. The van der Waals surface area contributed by atoms with Crippen molar-refractivity contribution in [3.63, 3.8) is 0 Å². The smallest absolute Gasteiger partial charge is 0.409 e. The molecule has 0 spiro atoms. The summed E-state index contributed by atoms with van der Waals surface area (Å²) in [5.74, 6) is 0.734. The minimum atomic E-state index is -3.88. The minimum absolute atomic E-state index is 0.0497. The number of benzene rings is 2. The SMILES string of the molecule is COC(=O)N1C[C@@H]2C(CNS(=O)(=O)c3cc(-c4ncc(-c5ccc(Br)c(F)c5)[nH]4)ccc3Cl)[C@@H]2C1. The number of carbonyl (C=O) groups is 1. The van der Waals surface area contributed by atoms with Crippen LogP contribution < -0.4 is 4.72 Å². The maximum absolute atomic E-state index is 13.9. The van der Waals surface area contributed by atoms with E-state index in [0.29, 0.717) is 40.2 Å². The number of fused-ring (bicyclic) bond motifs is 1. The van der Waals surface area contributed by atoms with Crippen LogP contribution in [0.5, 0.6) is 0 Å². The van der Waals surface area contributed by atoms with Crippen LogP contribution in [0.25, 0.3) is 22.6 Å². The zero-order valence-corrected chi connectivity index (χ0v) is 21.6. The molecule has 0 radical (unpaired) electrons. The van der Waals surface area contributed by atoms with E-state index >= 15 is 0 Å². The van der Waals surface area contributed by atoms with Gasteiger partial charge in [0, 0.05) is 30.8 Å². The zero-order valence-electron chi connectivity index (χ0n) is 18.5. The van der Waals surface area contributed by atoms with Crippen LogP contribution in [0.15, 0.2) is 52.0 Å². The molecule has 184 valence electrons. The molecule has 1 aliphatic heterocycles. The summed E-state index contributed by atoms with van der Waals surface area (Å²) in [6.45, 7) is 1.42. The van der Waals surface area contributed by atoms with Gasteiger partial charge in [0.2, 0.25) is 10.0 Å². The molecule has 8 nitrogen and oxygen atoms in total. The van der Waals surface area contributed by atoms with Crippen LogP contribution >= 0.6 is 27.5 Å². The summed E-state index contributed by atoms with van der Waals surface area (Å²) in [5, 5.41) is 0.0934. The van der Waals surface area contributed by atoms with Crippen molar-refractivity contribution in [2.75, 3.05) is 26.7 Å². The number of methoxy groups -OCH3 is 1. The number of ether oxygens (including phenoxy) is 1. The predicted octanol–water partition coefficient (Wildman–Crippen LogP) is 4.52. The quantitative estimate of drug-likeness (QED) is 0.444. The van der Waals surface area contributed by atoms with Gasteiger partial charge in [0.25, 0.3) is 0 Å². The van der Waals surface area contributed by atoms with E-state index in [0.717, 1.165) is 0 Å². The Kier molecular flexibility index (Phi) is 6.37. The molecule has 1 saturated heterocycles. The van der Waals surface area contributed by atoms with Crippen LogP contribution in [0, 0.1) is 23.6 Å². The molecule has 1 aliphatic carbocycles. The highest BCUT2D eigenvalue weighted by Gasteiger charge is 2.56. The molecule has 2 aromatic carbocycles. The highest BCUT2D eigenvalue weighted by Crippen LogP contribution is 2.51. The third-order valence-corrected chi connectivity index (χ3v) is 9.16. The Hall–Kier alpha value is -2.47. The van der Waals surface area contributed by atoms with Crippen molar-refractivity contribution in [1.29, 1.82) is 0 Å². The normalized spacial score (nSPS) is 21.1. The van der Waals surface area contributed by atoms with E-state index in [1.54, 1.807) is 29.3 Å². The van der Waals surface area contributed by atoms with E-state index in [1.807, 2.05) is 0 Å². The Bertz CT molecular complexity index is 1400. The molecular formula is C23H21BrClFN4O4S. The first-order chi connectivity index (χ1) is 16.7. The van der Waals surface area contributed by atoms with Gasteiger partial charge in [0.15, 0.2) is 0 Å². The van der Waals surface area contributed by atoms with Gasteiger partial charge in [-0.15, -0.1) is 0 Å². The van der Waals surface area contributed by atoms with E-state index in [9.17, 15) is 17.6 Å². The number of hydrogen-bond acceptors (Lipinski definition) is 5. The number of likely N-dealkylation sites (tertiary alicyclic amines) is 1. The van der Waals surface area contributed by atoms with Crippen LogP contribution in [-0.4, -0.2) is 56.1 Å². The van der Waals surface area contributed by atoms with Gasteiger partial charge in [0.1, 0.15) is 16.5 Å². The van der Waals surface area contributed by atoms with Crippen LogP contribution in [0.1, 0.15) is 0 Å². The van der Waals surface area contributed by atoms with Gasteiger partial charge in [-0.25, -0.2) is 27.3 Å². The van der Waals surface area contributed by atoms with Crippen molar-refractivity contribution in [2.24, 2.45) is 17.8 Å². The van der Waals surface area contributed by atoms with E-state index < -0.39 is 15.8 Å². The average Bonchev–Trinajstić information content (AvgIpc) is 3.19. The Morgan fingerprint density at radius 3 is 2.66 bits per heavy atom. The van der Waals surface area contributed by atoms with Crippen molar-refractivity contribution in [1.82, 2.24) is 19.6 Å². The lowest BCUT2D eigenvalue weighted by molar-refractivity contribution is 0.126. The van der Waals surface area contributed by atoms with Gasteiger partial charge in [0.05, 0.1) is 28.5 Å². The van der Waals surface area contributed by atoms with Crippen molar-refractivity contribution < 1.29 is 22.3 Å². The number of nitrogens with one attached hydrogen (secondary N) is 2. The molecule has 35 heavy (non-hydrogen) atoms. The molecule has 3 atom stereocenters. The lowest BCUT2D eigenvalue weighted by atomic mass is 10.2. The third-order valence-electron chi connectivity index (χ3n) is 6.61. The molecule has 12 heteroatoms. The fourth-order valence-corrected chi connectivity index (χ4v) is 6.49. The molecule has 1 aromatic heterocycles. The number of imidazole rings is 1. The van der Waals surface area contributed by atoms with E-state index in [1.165, 1.54) is 25.3 Å². The van der Waals surface area contributed by atoms with Gasteiger partial charge in [-0.05, 0) is 64.0 Å². The highest BCUT2D eigenvalue weighted by molar-refractivity contribution is 9.10. The monoisotopic (exact) mass is 582 g/mol. The molecular weight excluding hydrogens is 563 g/mol. The molecule has 0 bridgehead atoms. The molecule has 3 aromatic rings. The van der Waals surface area contributed by atoms with Crippen LogP contribution in [-0.2, 0) is 14.8 Å². The second-order valence-corrected chi connectivity index (χ2v) is 11.6. The first kappa shape index (κ1) is 24.2. The molecule has 1 unspecified atom stereocenters. The highest BCUT2D eigenvalue weighted by atomic mass is 79.9. The third kappa shape index (κ3) is 4.69. The predicted molar refractivity (Wildman–Crippen MR) is 132 cm³/mol. The summed E-state index contributed by atoms with van der Waals surface area (Å²) >= 11 is 9.38. The molecule has 5 rings (SSSR count). The largest absolute Gasteiger partial charge is 0.453 e. The summed E-state index contributed by atoms with van der Waals surface area (Å²) in [7, 11) is -2.53. The average molecular weight is 584 g/mol. The Morgan fingerprint density at radius 1 is 1.26 bits per heavy atom. The van der Waals surface area contributed by atoms with E-state index in [4.69, 9.17) is 16.3 Å². The van der Waals surface area contributed by atoms with Crippen LogP contribution in [0.4, 0.5) is 9.18 Å². The summed E-state index contributed by atoms with van der Waals surface area (Å²) in [5.41, 5.74) is 1.72. The van der Waals surface area contributed by atoms with E-state index in [-0.39, 0.29) is 40.3 Å². The number of aromatic amines is 1. The number of rotatable bonds is 6. The van der Waals surface area contributed by atoms with Gasteiger partial charge in [-0.1, -0.05) is 17.7 Å². The topological polar surface area (TPSA) is 104 Å². The lowest BCUT2D eigenvalue weighted by Gasteiger charge is -2.18. The summed E-state index contributed by atoms with van der Waals surface area (Å²) in [6.07, 6.45) is 1.20. The molecule has 2 fully saturated rings. The maximum atomic E-state index is 13.9. The van der Waals surface area contributed by atoms with Gasteiger partial charge < -0.3 is 14.6 Å². The summed E-state index contributed by atoms with van der Waals surface area (Å²) in [6, 6.07) is 9.35. The molecule has 1 amide bonds. The second kappa shape index (κ2) is 9.20. The number of H-pyrrole nitrogens is 1. The fraction of sp³-hybridized carbons (Fsp3) is 0.304. The van der Waals surface area contributed by atoms with E-state index in [2.05, 4.69) is 30.6 Å². The molecule has 2 aliphatic rings. The van der Waals surface area contributed by atoms with Gasteiger partial charge >= 0.3 is 6.09 Å². The van der Waals surface area contributed by atoms with Crippen molar-refractivity contribution in [2.45, 2.75) is 4.90 Å². The number of nitrogens with zero attached hydrogens (tertiary/aromatic N) is 2. The summed E-state index contributed by atoms with van der Waals surface area (Å²) < 4.78 is 47.8. The Labute approximate surface area is 215 Å². The number of halogens is 3. The molecule has 2 N–H and O–H groups in total. The van der Waals surface area contributed by atoms with Crippen molar-refractivity contribution in [3.8, 4) is 22.6 Å². The zero-order chi connectivity index (χ0) is 24.9. The molecule has 2 heterocycles. The first-order valence-corrected chi connectivity index (χ1v) is 13.5. The van der Waals surface area contributed by atoms with Crippen LogP contribution in [0.2, 0.25) is 5.02 Å². The lowest BCUT2D eigenvalue weighted by Crippen LogP contribution is -2.34. The van der Waals surface area contributed by atoms with Gasteiger partial charge in [-0.2, -0.15) is 0 Å². The first-order valence-electron chi connectivity index (χ1n) is 10.8. The number of carbonyl (C=O) groups excluding carboxylic acids is 1. The summed E-state index contributed by atoms with van der Waals surface area (Å²) in [4.78, 5) is 20.7. The van der Waals surface area contributed by atoms with Crippen LogP contribution in [0.3, 0.4) is 0 Å².